The van der Waals surface area contributed by atoms with Crippen LogP contribution in [0.15, 0.2) is 4.99 Å². The smallest absolute Gasteiger partial charge is 0.243 e. The summed E-state index contributed by atoms with van der Waals surface area (Å²) in [4.78, 5) is 17.5. The Labute approximate surface area is 152 Å². The van der Waals surface area contributed by atoms with Crippen LogP contribution in [0.1, 0.15) is 35.8 Å². The van der Waals surface area contributed by atoms with Crippen molar-refractivity contribution >= 4 is 47.2 Å². The molecule has 0 aliphatic heterocycles. The SMILES string of the molecule is Cc1nnc(C(C)NC(=NCC(=O)N(C)C)NC2CC2)s1.I. The number of nitrogens with zero attached hydrogens (tertiary/aromatic N) is 4. The second-order valence-electron chi connectivity index (χ2n) is 5.40. The molecule has 0 radical (unpaired) electrons. The fourth-order valence-corrected chi connectivity index (χ4v) is 2.30. The number of guanidine groups is 1. The maximum atomic E-state index is 11.7. The van der Waals surface area contributed by atoms with Gasteiger partial charge in [0.05, 0.1) is 6.04 Å². The van der Waals surface area contributed by atoms with Gasteiger partial charge in [-0.15, -0.1) is 34.2 Å². The lowest BCUT2D eigenvalue weighted by Gasteiger charge is -2.16. The minimum absolute atomic E-state index is 0. The Morgan fingerprint density at radius 2 is 2.14 bits per heavy atom. The van der Waals surface area contributed by atoms with Crippen molar-refractivity contribution in [1.29, 1.82) is 0 Å². The Morgan fingerprint density at radius 3 is 2.64 bits per heavy atom. The van der Waals surface area contributed by atoms with E-state index in [9.17, 15) is 4.79 Å². The number of amides is 1. The van der Waals surface area contributed by atoms with Gasteiger partial charge in [0.1, 0.15) is 16.6 Å². The average molecular weight is 438 g/mol. The van der Waals surface area contributed by atoms with Gasteiger partial charge in [0.25, 0.3) is 0 Å². The van der Waals surface area contributed by atoms with E-state index in [0.29, 0.717) is 12.0 Å². The van der Waals surface area contributed by atoms with E-state index in [4.69, 9.17) is 0 Å². The van der Waals surface area contributed by atoms with Gasteiger partial charge < -0.3 is 15.5 Å². The third kappa shape index (κ3) is 6.03. The van der Waals surface area contributed by atoms with Crippen molar-refractivity contribution in [3.05, 3.63) is 10.0 Å². The van der Waals surface area contributed by atoms with Crippen molar-refractivity contribution in [2.75, 3.05) is 20.6 Å². The summed E-state index contributed by atoms with van der Waals surface area (Å²) in [6.45, 7) is 4.08. The maximum absolute atomic E-state index is 11.7. The fourth-order valence-electron chi connectivity index (χ4n) is 1.60. The highest BCUT2D eigenvalue weighted by Gasteiger charge is 2.23. The quantitative estimate of drug-likeness (QED) is 0.412. The zero-order chi connectivity index (χ0) is 15.4. The number of carbonyl (C=O) groups excluding carboxylic acids is 1. The normalized spacial score (nSPS) is 15.7. The Kier molecular flexibility index (Phi) is 7.46. The van der Waals surface area contributed by atoms with Crippen LogP contribution in [0.3, 0.4) is 0 Å². The lowest BCUT2D eigenvalue weighted by molar-refractivity contribution is -0.127. The number of aryl methyl sites for hydroxylation is 1. The highest BCUT2D eigenvalue weighted by atomic mass is 127. The van der Waals surface area contributed by atoms with Crippen molar-refractivity contribution in [3.8, 4) is 0 Å². The molecular weight excluding hydrogens is 415 g/mol. The highest BCUT2D eigenvalue weighted by molar-refractivity contribution is 14.0. The van der Waals surface area contributed by atoms with Gasteiger partial charge in [-0.05, 0) is 26.7 Å². The van der Waals surface area contributed by atoms with Crippen LogP contribution in [-0.2, 0) is 4.79 Å². The van der Waals surface area contributed by atoms with E-state index in [1.165, 1.54) is 4.90 Å². The molecule has 1 saturated carbocycles. The summed E-state index contributed by atoms with van der Waals surface area (Å²) in [7, 11) is 3.46. The van der Waals surface area contributed by atoms with Crippen molar-refractivity contribution in [2.24, 2.45) is 4.99 Å². The van der Waals surface area contributed by atoms with Gasteiger partial charge in [0.2, 0.25) is 5.91 Å². The number of hydrogen-bond acceptors (Lipinski definition) is 5. The van der Waals surface area contributed by atoms with E-state index >= 15 is 0 Å². The van der Waals surface area contributed by atoms with Crippen LogP contribution in [0.25, 0.3) is 0 Å². The number of aliphatic imine (C=N–C) groups is 1. The molecule has 1 heterocycles. The summed E-state index contributed by atoms with van der Waals surface area (Å²) < 4.78 is 0. The zero-order valence-electron chi connectivity index (χ0n) is 13.3. The average Bonchev–Trinajstić information content (AvgIpc) is 3.14. The van der Waals surface area contributed by atoms with E-state index in [2.05, 4.69) is 25.8 Å². The Bertz CT molecular complexity index is 528. The van der Waals surface area contributed by atoms with Gasteiger partial charge in [-0.1, -0.05) is 11.3 Å². The molecule has 1 atom stereocenters. The number of rotatable bonds is 5. The first kappa shape index (κ1) is 19.1. The van der Waals surface area contributed by atoms with Gasteiger partial charge in [-0.25, -0.2) is 4.99 Å². The molecule has 1 aromatic rings. The van der Waals surface area contributed by atoms with Crippen LogP contribution in [0.4, 0.5) is 0 Å². The molecule has 2 N–H and O–H groups in total. The molecule has 9 heteroatoms. The topological polar surface area (TPSA) is 82.5 Å². The van der Waals surface area contributed by atoms with Gasteiger partial charge in [0.15, 0.2) is 5.96 Å². The first-order chi connectivity index (χ1) is 9.95. The summed E-state index contributed by atoms with van der Waals surface area (Å²) >= 11 is 1.56. The summed E-state index contributed by atoms with van der Waals surface area (Å²) in [6.07, 6.45) is 2.29. The van der Waals surface area contributed by atoms with Crippen LogP contribution in [0.5, 0.6) is 0 Å². The summed E-state index contributed by atoms with van der Waals surface area (Å²) in [5, 5.41) is 16.6. The van der Waals surface area contributed by atoms with Crippen LogP contribution in [0.2, 0.25) is 0 Å². The summed E-state index contributed by atoms with van der Waals surface area (Å²) in [6, 6.07) is 0.477. The van der Waals surface area contributed by atoms with Gasteiger partial charge >= 0.3 is 0 Å². The second-order valence-corrected chi connectivity index (χ2v) is 6.61. The van der Waals surface area contributed by atoms with Crippen LogP contribution in [0, 0.1) is 6.92 Å². The molecule has 1 aromatic heterocycles. The number of hydrogen-bond donors (Lipinski definition) is 2. The maximum Gasteiger partial charge on any atom is 0.243 e. The first-order valence-electron chi connectivity index (χ1n) is 7.03. The number of aromatic nitrogens is 2. The van der Waals surface area contributed by atoms with Crippen LogP contribution >= 0.6 is 35.3 Å². The van der Waals surface area contributed by atoms with Crippen molar-refractivity contribution in [3.63, 3.8) is 0 Å². The largest absolute Gasteiger partial charge is 0.354 e. The number of nitrogens with one attached hydrogen (secondary N) is 2. The molecule has 7 nitrogen and oxygen atoms in total. The van der Waals surface area contributed by atoms with E-state index in [1.807, 2.05) is 13.8 Å². The predicted molar refractivity (Wildman–Crippen MR) is 98.8 cm³/mol. The number of carbonyl (C=O) groups is 1. The fraction of sp³-hybridized carbons (Fsp3) is 0.692. The standard InChI is InChI=1S/C13H22N6OS.HI/c1-8(12-18-17-9(2)21-12)15-13(16-10-5-6-10)14-7-11(20)19(3)4;/h8,10H,5-7H2,1-4H3,(H2,14,15,16);1H. The predicted octanol–water partition coefficient (Wildman–Crippen LogP) is 1.31. The lowest BCUT2D eigenvalue weighted by atomic mass is 10.3. The number of halogens is 1. The van der Waals surface area contributed by atoms with Crippen molar-refractivity contribution < 1.29 is 4.79 Å². The van der Waals surface area contributed by atoms with E-state index in [-0.39, 0.29) is 42.5 Å². The molecule has 1 aliphatic rings. The molecule has 0 aromatic carbocycles. The molecule has 1 amide bonds. The number of likely N-dealkylation sites (N-methyl/N-ethyl adjacent to an activating group) is 1. The Morgan fingerprint density at radius 1 is 1.45 bits per heavy atom. The Balaban J connectivity index is 0.00000242. The van der Waals surface area contributed by atoms with Gasteiger partial charge in [-0.3, -0.25) is 4.79 Å². The summed E-state index contributed by atoms with van der Waals surface area (Å²) in [5.41, 5.74) is 0. The molecule has 0 saturated heterocycles. The third-order valence-corrected chi connectivity index (χ3v) is 4.08. The van der Waals surface area contributed by atoms with Gasteiger partial charge in [0, 0.05) is 20.1 Å². The molecule has 2 rings (SSSR count). The Hall–Kier alpha value is -0.970. The molecule has 1 fully saturated rings. The molecule has 0 spiro atoms. The molecule has 1 aliphatic carbocycles. The zero-order valence-corrected chi connectivity index (χ0v) is 16.4. The van der Waals surface area contributed by atoms with E-state index in [1.54, 1.807) is 25.4 Å². The summed E-state index contributed by atoms with van der Waals surface area (Å²) in [5.74, 6) is 0.638. The highest BCUT2D eigenvalue weighted by Crippen LogP contribution is 2.20. The van der Waals surface area contributed by atoms with Crippen LogP contribution < -0.4 is 10.6 Å². The van der Waals surface area contributed by atoms with Gasteiger partial charge in [-0.2, -0.15) is 0 Å². The molecule has 1 unspecified atom stereocenters. The minimum atomic E-state index is -0.0219. The van der Waals surface area contributed by atoms with E-state index < -0.39 is 0 Å². The van der Waals surface area contributed by atoms with Crippen LogP contribution in [-0.4, -0.2) is 53.6 Å². The third-order valence-electron chi connectivity index (χ3n) is 3.05. The molecule has 0 bridgehead atoms. The second kappa shape index (κ2) is 8.61. The van der Waals surface area contributed by atoms with E-state index in [0.717, 1.165) is 22.9 Å². The lowest BCUT2D eigenvalue weighted by Crippen LogP contribution is -2.40. The minimum Gasteiger partial charge on any atom is -0.354 e. The first-order valence-corrected chi connectivity index (χ1v) is 7.85. The van der Waals surface area contributed by atoms with Crippen molar-refractivity contribution in [1.82, 2.24) is 25.7 Å². The molecule has 124 valence electrons. The monoisotopic (exact) mass is 438 g/mol. The van der Waals surface area contributed by atoms with Crippen molar-refractivity contribution in [2.45, 2.75) is 38.8 Å². The molecule has 22 heavy (non-hydrogen) atoms. The molecular formula is C13H23IN6OS.